The number of rotatable bonds is 1. The number of aliphatic imine (C=N–C) groups is 1. The van der Waals surface area contributed by atoms with Crippen LogP contribution < -0.4 is 4.84 Å². The molecule has 1 aromatic carbocycles. The summed E-state index contributed by atoms with van der Waals surface area (Å²) in [7, 11) is 0. The minimum Gasteiger partial charge on any atom is -0.356 e. The Hall–Kier alpha value is -2.01. The summed E-state index contributed by atoms with van der Waals surface area (Å²) in [4.78, 5) is 12.1. The number of fused-ring (bicyclic) bond motifs is 2. The van der Waals surface area contributed by atoms with Gasteiger partial charge in [0.2, 0.25) is 0 Å². The van der Waals surface area contributed by atoms with Crippen molar-refractivity contribution in [3.05, 3.63) is 46.5 Å². The second-order valence-corrected chi connectivity index (χ2v) is 5.24. The molecule has 4 nitrogen and oxygen atoms in total. The monoisotopic (exact) mass is 269 g/mol. The van der Waals surface area contributed by atoms with Gasteiger partial charge in [-0.05, 0) is 12.1 Å². The van der Waals surface area contributed by atoms with Gasteiger partial charge in [0.1, 0.15) is 0 Å². The third-order valence-electron chi connectivity index (χ3n) is 3.24. The van der Waals surface area contributed by atoms with Crippen molar-refractivity contribution in [2.24, 2.45) is 10.1 Å². The summed E-state index contributed by atoms with van der Waals surface area (Å²) < 4.78 is 0. The summed E-state index contributed by atoms with van der Waals surface area (Å²) in [6.45, 7) is 1.82. The van der Waals surface area contributed by atoms with E-state index in [9.17, 15) is 0 Å². The zero-order valence-electron chi connectivity index (χ0n) is 10.1. The van der Waals surface area contributed by atoms with Crippen molar-refractivity contribution in [2.75, 3.05) is 13.1 Å². The smallest absolute Gasteiger partial charge is 0.168 e. The van der Waals surface area contributed by atoms with Gasteiger partial charge in [0.05, 0.1) is 18.5 Å². The molecule has 0 spiro atoms. The largest absolute Gasteiger partial charge is 0.356 e. The fraction of sp³-hybridized carbons (Fsp3) is 0.143. The van der Waals surface area contributed by atoms with Gasteiger partial charge in [-0.25, -0.2) is 0 Å². The Morgan fingerprint density at radius 1 is 1.26 bits per heavy atom. The molecule has 0 aliphatic carbocycles. The van der Waals surface area contributed by atoms with Gasteiger partial charge in [-0.1, -0.05) is 35.1 Å². The molecule has 3 aliphatic heterocycles. The van der Waals surface area contributed by atoms with Gasteiger partial charge in [0, 0.05) is 23.1 Å². The van der Waals surface area contributed by atoms with Crippen molar-refractivity contribution >= 4 is 29.2 Å². The predicted octanol–water partition coefficient (Wildman–Crippen LogP) is 2.71. The van der Waals surface area contributed by atoms with Gasteiger partial charge in [-0.2, -0.15) is 0 Å². The molecule has 4 rings (SSSR count). The van der Waals surface area contributed by atoms with E-state index in [4.69, 9.17) is 4.84 Å². The lowest BCUT2D eigenvalue weighted by molar-refractivity contribution is 0.344. The molecule has 94 valence electrons. The number of para-hydroxylation sites is 1. The first-order valence-corrected chi connectivity index (χ1v) is 7.00. The molecule has 0 bridgehead atoms. The maximum atomic E-state index is 5.38. The van der Waals surface area contributed by atoms with Crippen molar-refractivity contribution in [1.82, 2.24) is 4.90 Å². The van der Waals surface area contributed by atoms with Crippen molar-refractivity contribution in [1.29, 1.82) is 0 Å². The van der Waals surface area contributed by atoms with Crippen LogP contribution >= 0.6 is 11.8 Å². The summed E-state index contributed by atoms with van der Waals surface area (Å²) >= 11 is 1.67. The van der Waals surface area contributed by atoms with Crippen LogP contribution in [0.3, 0.4) is 0 Å². The zero-order valence-corrected chi connectivity index (χ0v) is 10.9. The highest BCUT2D eigenvalue weighted by atomic mass is 32.2. The average molecular weight is 269 g/mol. The summed E-state index contributed by atoms with van der Waals surface area (Å²) in [5.74, 6) is 0.787. The fourth-order valence-corrected chi connectivity index (χ4v) is 3.28. The Labute approximate surface area is 115 Å². The van der Waals surface area contributed by atoms with E-state index in [1.807, 2.05) is 24.3 Å². The van der Waals surface area contributed by atoms with Crippen LogP contribution in [0, 0.1) is 0 Å². The van der Waals surface area contributed by atoms with Crippen molar-refractivity contribution in [2.45, 2.75) is 0 Å². The van der Waals surface area contributed by atoms with Crippen LogP contribution in [-0.4, -0.2) is 29.4 Å². The Morgan fingerprint density at radius 3 is 3.21 bits per heavy atom. The lowest BCUT2D eigenvalue weighted by atomic mass is 10.1. The lowest BCUT2D eigenvalue weighted by Crippen LogP contribution is -2.22. The molecule has 0 unspecified atom stereocenters. The minimum absolute atomic E-state index is 0.787. The topological polar surface area (TPSA) is 37.2 Å². The van der Waals surface area contributed by atoms with E-state index in [-0.39, 0.29) is 0 Å². The van der Waals surface area contributed by atoms with E-state index < -0.39 is 0 Å². The number of hydrogen-bond acceptors (Lipinski definition) is 5. The second kappa shape index (κ2) is 4.28. The van der Waals surface area contributed by atoms with Crippen LogP contribution in [0.15, 0.2) is 51.1 Å². The van der Waals surface area contributed by atoms with E-state index in [1.165, 1.54) is 0 Å². The van der Waals surface area contributed by atoms with Gasteiger partial charge in [-0.15, -0.1) is 0 Å². The van der Waals surface area contributed by atoms with E-state index in [0.717, 1.165) is 40.8 Å². The Kier molecular flexibility index (Phi) is 2.45. The molecule has 3 aliphatic rings. The molecule has 0 saturated heterocycles. The Balaban J connectivity index is 1.76. The molecule has 0 amide bonds. The van der Waals surface area contributed by atoms with Gasteiger partial charge < -0.3 is 9.74 Å². The average Bonchev–Trinajstić information content (AvgIpc) is 2.96. The number of thioether (sulfide) groups is 1. The molecular formula is C14H11N3OS. The summed E-state index contributed by atoms with van der Waals surface area (Å²) in [5.41, 5.74) is 3.26. The minimum atomic E-state index is 0.787. The van der Waals surface area contributed by atoms with E-state index in [2.05, 4.69) is 26.5 Å². The van der Waals surface area contributed by atoms with Gasteiger partial charge in [0.15, 0.2) is 10.9 Å². The molecular weight excluding hydrogens is 258 g/mol. The van der Waals surface area contributed by atoms with Crippen molar-refractivity contribution < 1.29 is 4.84 Å². The third kappa shape index (κ3) is 1.77. The third-order valence-corrected chi connectivity index (χ3v) is 4.14. The second-order valence-electron chi connectivity index (χ2n) is 4.40. The molecule has 3 heterocycles. The number of benzene rings is 1. The number of allylic oxidation sites excluding steroid dienone is 1. The summed E-state index contributed by atoms with van der Waals surface area (Å²) in [5, 5.41) is 7.26. The van der Waals surface area contributed by atoms with Crippen LogP contribution in [-0.2, 0) is 0 Å². The molecule has 0 fully saturated rings. The highest BCUT2D eigenvalue weighted by Crippen LogP contribution is 2.35. The summed E-state index contributed by atoms with van der Waals surface area (Å²) in [6.07, 6.45) is 3.88. The molecule has 1 aromatic rings. The van der Waals surface area contributed by atoms with E-state index >= 15 is 0 Å². The van der Waals surface area contributed by atoms with E-state index in [0.29, 0.717) is 0 Å². The molecule has 0 N–H and O–H groups in total. The quantitative estimate of drug-likeness (QED) is 0.786. The van der Waals surface area contributed by atoms with Crippen LogP contribution in [0.2, 0.25) is 0 Å². The molecule has 0 radical (unpaired) electrons. The van der Waals surface area contributed by atoms with Gasteiger partial charge in [-0.3, -0.25) is 4.99 Å². The first kappa shape index (κ1) is 10.9. The SMILES string of the molecule is C1=NOc2ccccc2C=C1C1=CSC2=NCCN12. The molecule has 5 heteroatoms. The zero-order chi connectivity index (χ0) is 12.7. The molecule has 0 aromatic heterocycles. The molecule has 0 atom stereocenters. The highest BCUT2D eigenvalue weighted by Gasteiger charge is 2.28. The first-order chi connectivity index (χ1) is 9.42. The van der Waals surface area contributed by atoms with Crippen LogP contribution in [0.4, 0.5) is 0 Å². The number of amidine groups is 1. The fourth-order valence-electron chi connectivity index (χ4n) is 2.31. The predicted molar refractivity (Wildman–Crippen MR) is 78.2 cm³/mol. The van der Waals surface area contributed by atoms with Crippen molar-refractivity contribution in [3.8, 4) is 5.75 Å². The normalized spacial score (nSPS) is 20.0. The van der Waals surface area contributed by atoms with Crippen molar-refractivity contribution in [3.63, 3.8) is 0 Å². The van der Waals surface area contributed by atoms with Gasteiger partial charge >= 0.3 is 0 Å². The maximum Gasteiger partial charge on any atom is 0.168 e. The Bertz CT molecular complexity index is 660. The highest BCUT2D eigenvalue weighted by molar-refractivity contribution is 8.16. The van der Waals surface area contributed by atoms with Gasteiger partial charge in [0.25, 0.3) is 0 Å². The van der Waals surface area contributed by atoms with E-state index in [1.54, 1.807) is 18.0 Å². The van der Waals surface area contributed by atoms with Crippen LogP contribution in [0.1, 0.15) is 5.56 Å². The van der Waals surface area contributed by atoms with Crippen LogP contribution in [0.25, 0.3) is 6.08 Å². The Morgan fingerprint density at radius 2 is 2.21 bits per heavy atom. The number of nitrogens with zero attached hydrogens (tertiary/aromatic N) is 3. The first-order valence-electron chi connectivity index (χ1n) is 6.12. The maximum absolute atomic E-state index is 5.38. The number of oxime groups is 1. The number of hydrogen-bond donors (Lipinski definition) is 0. The molecule has 0 saturated carbocycles. The summed E-state index contributed by atoms with van der Waals surface area (Å²) in [6, 6.07) is 7.91. The molecule has 19 heavy (non-hydrogen) atoms. The lowest BCUT2D eigenvalue weighted by Gasteiger charge is -2.16. The standard InChI is InChI=1S/C14H11N3OS/c1-2-4-13-10(3-1)7-11(8-16-18-13)12-9-19-14-15-5-6-17(12)14/h1-4,7-9H,5-6H2. The van der Waals surface area contributed by atoms with Crippen LogP contribution in [0.5, 0.6) is 5.75 Å².